The van der Waals surface area contributed by atoms with Gasteiger partial charge in [0.25, 0.3) is 0 Å². The van der Waals surface area contributed by atoms with Crippen molar-refractivity contribution in [1.82, 2.24) is 9.97 Å². The van der Waals surface area contributed by atoms with E-state index in [-0.39, 0.29) is 17.2 Å². The Bertz CT molecular complexity index is 487. The molecule has 1 amide bonds. The van der Waals surface area contributed by atoms with Gasteiger partial charge in [-0.3, -0.25) is 4.79 Å². The first-order chi connectivity index (χ1) is 8.66. The Kier molecular flexibility index (Phi) is 2.86. The maximum atomic E-state index is 12.0. The second kappa shape index (κ2) is 4.39. The zero-order chi connectivity index (χ0) is 12.7. The lowest BCUT2D eigenvalue weighted by Crippen LogP contribution is -2.51. The maximum Gasteiger partial charge on any atom is 0.246 e. The van der Waals surface area contributed by atoms with Crippen LogP contribution in [-0.2, 0) is 4.79 Å². The smallest absolute Gasteiger partial charge is 0.246 e. The van der Waals surface area contributed by atoms with E-state index in [0.717, 1.165) is 18.7 Å². The molecule has 0 spiro atoms. The average molecular weight is 267 g/mol. The molecule has 1 aliphatic heterocycles. The second-order valence-corrected chi connectivity index (χ2v) is 5.23. The summed E-state index contributed by atoms with van der Waals surface area (Å²) < 4.78 is 0. The molecule has 18 heavy (non-hydrogen) atoms. The van der Waals surface area contributed by atoms with Gasteiger partial charge in [-0.2, -0.15) is 4.98 Å². The van der Waals surface area contributed by atoms with Gasteiger partial charge in [-0.1, -0.05) is 12.8 Å². The minimum atomic E-state index is -0.202. The maximum absolute atomic E-state index is 12.0. The van der Waals surface area contributed by atoms with Crippen LogP contribution in [0.5, 0.6) is 0 Å². The van der Waals surface area contributed by atoms with Gasteiger partial charge in [0.15, 0.2) is 5.82 Å². The molecule has 2 heterocycles. The summed E-state index contributed by atoms with van der Waals surface area (Å²) >= 11 is 5.87. The zero-order valence-electron chi connectivity index (χ0n) is 10.2. The van der Waals surface area contributed by atoms with Crippen LogP contribution in [0, 0.1) is 0 Å². The Morgan fingerprint density at radius 1 is 1.44 bits per heavy atom. The minimum Gasteiger partial charge on any atom is -0.340 e. The van der Waals surface area contributed by atoms with E-state index in [1.165, 1.54) is 12.8 Å². The molecule has 96 valence electrons. The van der Waals surface area contributed by atoms with Crippen LogP contribution in [0.4, 0.5) is 11.5 Å². The standard InChI is InChI=1S/C12H15ClN4O/c1-7-11(18)15-9-6-14-12(13)16-10(9)17(7)8-4-2-3-5-8/h6-8H,2-5H2,1H3,(H,15,18). The summed E-state index contributed by atoms with van der Waals surface area (Å²) in [5.74, 6) is 0.759. The highest BCUT2D eigenvalue weighted by molar-refractivity contribution is 6.28. The molecule has 1 saturated carbocycles. The molecule has 0 radical (unpaired) electrons. The van der Waals surface area contributed by atoms with E-state index in [4.69, 9.17) is 11.6 Å². The second-order valence-electron chi connectivity index (χ2n) is 4.89. The number of hydrogen-bond donors (Lipinski definition) is 1. The van der Waals surface area contributed by atoms with Gasteiger partial charge in [0.05, 0.1) is 6.20 Å². The van der Waals surface area contributed by atoms with E-state index < -0.39 is 0 Å². The summed E-state index contributed by atoms with van der Waals surface area (Å²) in [6.07, 6.45) is 6.22. The summed E-state index contributed by atoms with van der Waals surface area (Å²) in [6, 6.07) is 0.183. The van der Waals surface area contributed by atoms with Crippen molar-refractivity contribution in [2.75, 3.05) is 10.2 Å². The van der Waals surface area contributed by atoms with Gasteiger partial charge in [0.2, 0.25) is 11.2 Å². The lowest BCUT2D eigenvalue weighted by atomic mass is 10.1. The predicted molar refractivity (Wildman–Crippen MR) is 69.9 cm³/mol. The lowest BCUT2D eigenvalue weighted by Gasteiger charge is -2.39. The summed E-state index contributed by atoms with van der Waals surface area (Å²) in [5, 5.41) is 3.05. The number of hydrogen-bond acceptors (Lipinski definition) is 4. The van der Waals surface area contributed by atoms with Gasteiger partial charge in [-0.15, -0.1) is 0 Å². The molecule has 1 N–H and O–H groups in total. The highest BCUT2D eigenvalue weighted by atomic mass is 35.5. The first kappa shape index (κ1) is 11.7. The Hall–Kier alpha value is -1.36. The van der Waals surface area contributed by atoms with Gasteiger partial charge < -0.3 is 10.2 Å². The van der Waals surface area contributed by atoms with Crippen LogP contribution in [0.1, 0.15) is 32.6 Å². The first-order valence-electron chi connectivity index (χ1n) is 6.28. The Morgan fingerprint density at radius 3 is 2.89 bits per heavy atom. The lowest BCUT2D eigenvalue weighted by molar-refractivity contribution is -0.117. The molecule has 6 heteroatoms. The van der Waals surface area contributed by atoms with Gasteiger partial charge in [0, 0.05) is 6.04 Å². The van der Waals surface area contributed by atoms with E-state index in [0.29, 0.717) is 11.7 Å². The van der Waals surface area contributed by atoms with Crippen LogP contribution < -0.4 is 10.2 Å². The highest BCUT2D eigenvalue weighted by Crippen LogP contribution is 2.36. The molecule has 1 aromatic heterocycles. The first-order valence-corrected chi connectivity index (χ1v) is 6.66. The van der Waals surface area contributed by atoms with Crippen molar-refractivity contribution in [3.63, 3.8) is 0 Å². The summed E-state index contributed by atoms with van der Waals surface area (Å²) in [6.45, 7) is 1.91. The van der Waals surface area contributed by atoms with Crippen LogP contribution in [0.3, 0.4) is 0 Å². The van der Waals surface area contributed by atoms with Crippen molar-refractivity contribution in [3.05, 3.63) is 11.5 Å². The number of nitrogens with one attached hydrogen (secondary N) is 1. The van der Waals surface area contributed by atoms with E-state index in [1.807, 2.05) is 6.92 Å². The number of carbonyl (C=O) groups excluding carboxylic acids is 1. The zero-order valence-corrected chi connectivity index (χ0v) is 10.9. The number of halogens is 1. The van der Waals surface area contributed by atoms with Crippen LogP contribution >= 0.6 is 11.6 Å². The van der Waals surface area contributed by atoms with Crippen LogP contribution in [0.25, 0.3) is 0 Å². The Balaban J connectivity index is 2.05. The number of fused-ring (bicyclic) bond motifs is 1. The molecule has 1 fully saturated rings. The molecule has 1 aliphatic carbocycles. The molecule has 0 bridgehead atoms. The van der Waals surface area contributed by atoms with E-state index in [9.17, 15) is 4.79 Å². The molecule has 0 aromatic carbocycles. The Morgan fingerprint density at radius 2 is 2.17 bits per heavy atom. The van der Waals surface area contributed by atoms with Gasteiger partial charge in [-0.25, -0.2) is 4.98 Å². The highest BCUT2D eigenvalue weighted by Gasteiger charge is 2.36. The van der Waals surface area contributed by atoms with Crippen molar-refractivity contribution in [1.29, 1.82) is 0 Å². The molecule has 1 unspecified atom stereocenters. The summed E-state index contributed by atoms with van der Waals surface area (Å²) in [7, 11) is 0. The van der Waals surface area contributed by atoms with Crippen LogP contribution in [0.15, 0.2) is 6.20 Å². The summed E-state index contributed by atoms with van der Waals surface area (Å²) in [4.78, 5) is 22.3. The monoisotopic (exact) mass is 266 g/mol. The predicted octanol–water partition coefficient (Wildman–Crippen LogP) is 2.22. The topological polar surface area (TPSA) is 58.1 Å². The largest absolute Gasteiger partial charge is 0.340 e. The number of aromatic nitrogens is 2. The molecule has 5 nitrogen and oxygen atoms in total. The van der Waals surface area contributed by atoms with Crippen LogP contribution in [-0.4, -0.2) is 28.0 Å². The van der Waals surface area contributed by atoms with Crippen molar-refractivity contribution in [3.8, 4) is 0 Å². The van der Waals surface area contributed by atoms with E-state index >= 15 is 0 Å². The number of amides is 1. The quantitative estimate of drug-likeness (QED) is 0.792. The van der Waals surface area contributed by atoms with Gasteiger partial charge >= 0.3 is 0 Å². The van der Waals surface area contributed by atoms with E-state index in [2.05, 4.69) is 20.2 Å². The van der Waals surface area contributed by atoms with E-state index in [1.54, 1.807) is 6.20 Å². The molecular weight excluding hydrogens is 252 g/mol. The van der Waals surface area contributed by atoms with Gasteiger partial charge in [0.1, 0.15) is 11.7 Å². The third-order valence-corrected chi connectivity index (χ3v) is 3.94. The van der Waals surface area contributed by atoms with Crippen molar-refractivity contribution < 1.29 is 4.79 Å². The molecule has 1 atom stereocenters. The van der Waals surface area contributed by atoms with Gasteiger partial charge in [-0.05, 0) is 31.4 Å². The van der Waals surface area contributed by atoms with Crippen LogP contribution in [0.2, 0.25) is 5.28 Å². The number of rotatable bonds is 1. The van der Waals surface area contributed by atoms with Crippen molar-refractivity contribution in [2.24, 2.45) is 0 Å². The number of anilines is 2. The average Bonchev–Trinajstić information content (AvgIpc) is 2.85. The SMILES string of the molecule is CC1C(=O)Nc2cnc(Cl)nc2N1C1CCCC1. The third kappa shape index (κ3) is 1.82. The molecular formula is C12H15ClN4O. The Labute approximate surface area is 111 Å². The van der Waals surface area contributed by atoms with Crippen molar-refractivity contribution in [2.45, 2.75) is 44.7 Å². The number of carbonyl (C=O) groups is 1. The third-order valence-electron chi connectivity index (χ3n) is 3.76. The number of nitrogens with zero attached hydrogens (tertiary/aromatic N) is 3. The van der Waals surface area contributed by atoms with Crippen molar-refractivity contribution >= 4 is 29.0 Å². The fourth-order valence-electron chi connectivity index (χ4n) is 2.86. The molecule has 0 saturated heterocycles. The molecule has 1 aromatic rings. The normalized spacial score (nSPS) is 24.0. The molecule has 3 rings (SSSR count). The molecule has 2 aliphatic rings. The summed E-state index contributed by atoms with van der Waals surface area (Å²) in [5.41, 5.74) is 0.661. The fourth-order valence-corrected chi connectivity index (χ4v) is 2.98. The fraction of sp³-hybridized carbons (Fsp3) is 0.583. The minimum absolute atomic E-state index is 0.000299.